The van der Waals surface area contributed by atoms with Gasteiger partial charge in [0.05, 0.1) is 4.90 Å². The van der Waals surface area contributed by atoms with Gasteiger partial charge in [0, 0.05) is 23.6 Å². The van der Waals surface area contributed by atoms with E-state index >= 15 is 0 Å². The zero-order chi connectivity index (χ0) is 12.5. The number of sulfonamides is 1. The quantitative estimate of drug-likeness (QED) is 0.902. The van der Waals surface area contributed by atoms with E-state index in [1.807, 2.05) is 0 Å². The molecule has 1 fully saturated rings. The molecule has 1 aromatic carbocycles. The molecule has 2 rings (SSSR count). The number of hydrogen-bond donors (Lipinski definition) is 1. The van der Waals surface area contributed by atoms with Crippen LogP contribution in [-0.4, -0.2) is 31.9 Å². The third-order valence-corrected chi connectivity index (χ3v) is 5.98. The van der Waals surface area contributed by atoms with Crippen LogP contribution in [0, 0.1) is 0 Å². The van der Waals surface area contributed by atoms with Crippen molar-refractivity contribution >= 4 is 38.4 Å². The van der Waals surface area contributed by atoms with E-state index in [1.54, 1.807) is 24.3 Å². The first-order chi connectivity index (χ1) is 8.07. The topological polar surface area (TPSA) is 63.4 Å². The molecule has 1 aliphatic rings. The maximum atomic E-state index is 12.5. The highest BCUT2D eigenvalue weighted by Crippen LogP contribution is 2.29. The lowest BCUT2D eigenvalue weighted by Crippen LogP contribution is -2.39. The highest BCUT2D eigenvalue weighted by Gasteiger charge is 2.35. The second-order valence-electron chi connectivity index (χ2n) is 4.08. The van der Waals surface area contributed by atoms with Crippen molar-refractivity contribution in [3.8, 4) is 0 Å². The lowest BCUT2D eigenvalue weighted by Gasteiger charge is -2.23. The number of nitrogens with two attached hydrogens (primary N) is 1. The fraction of sp³-hybridized carbons (Fsp3) is 0.455. The van der Waals surface area contributed by atoms with E-state index < -0.39 is 10.0 Å². The maximum absolute atomic E-state index is 12.5. The minimum atomic E-state index is -3.42. The molecule has 1 heterocycles. The Balaban J connectivity index is 0.00000162. The molecule has 0 aromatic heterocycles. The van der Waals surface area contributed by atoms with Crippen molar-refractivity contribution in [1.82, 2.24) is 4.31 Å². The van der Waals surface area contributed by atoms with Crippen LogP contribution in [0.15, 0.2) is 33.6 Å². The van der Waals surface area contributed by atoms with Crippen molar-refractivity contribution in [2.75, 3.05) is 13.1 Å². The molecule has 1 atom stereocenters. The van der Waals surface area contributed by atoms with E-state index in [4.69, 9.17) is 5.73 Å². The van der Waals surface area contributed by atoms with Gasteiger partial charge in [0.15, 0.2) is 0 Å². The Morgan fingerprint density at radius 1 is 1.39 bits per heavy atom. The lowest BCUT2D eigenvalue weighted by molar-refractivity contribution is 0.393. The SMILES string of the molecule is Cl.NCC1CCCN1S(=O)(=O)c1ccccc1Br. The summed E-state index contributed by atoms with van der Waals surface area (Å²) in [5.41, 5.74) is 5.62. The molecular formula is C11H16BrClN2O2S. The summed E-state index contributed by atoms with van der Waals surface area (Å²) in [4.78, 5) is 0.320. The summed E-state index contributed by atoms with van der Waals surface area (Å²) in [6, 6.07) is 6.82. The number of nitrogens with zero attached hydrogens (tertiary/aromatic N) is 1. The zero-order valence-electron chi connectivity index (χ0n) is 9.75. The van der Waals surface area contributed by atoms with Crippen LogP contribution in [0.1, 0.15) is 12.8 Å². The van der Waals surface area contributed by atoms with Gasteiger partial charge in [-0.1, -0.05) is 12.1 Å². The minimum absolute atomic E-state index is 0. The number of benzene rings is 1. The largest absolute Gasteiger partial charge is 0.329 e. The summed E-state index contributed by atoms with van der Waals surface area (Å²) in [7, 11) is -3.42. The van der Waals surface area contributed by atoms with Gasteiger partial charge in [-0.15, -0.1) is 12.4 Å². The van der Waals surface area contributed by atoms with Gasteiger partial charge < -0.3 is 5.73 Å². The highest BCUT2D eigenvalue weighted by atomic mass is 79.9. The lowest BCUT2D eigenvalue weighted by atomic mass is 10.2. The standard InChI is InChI=1S/C11H15BrN2O2S.ClH/c12-10-5-1-2-6-11(10)17(15,16)14-7-3-4-9(14)8-13;/h1-2,5-6,9H,3-4,7-8,13H2;1H. The second-order valence-corrected chi connectivity index (χ2v) is 6.79. The van der Waals surface area contributed by atoms with Crippen molar-refractivity contribution in [3.63, 3.8) is 0 Å². The van der Waals surface area contributed by atoms with Gasteiger partial charge in [-0.25, -0.2) is 8.42 Å². The van der Waals surface area contributed by atoms with Gasteiger partial charge in [0.1, 0.15) is 0 Å². The van der Waals surface area contributed by atoms with Crippen LogP contribution in [0.3, 0.4) is 0 Å². The maximum Gasteiger partial charge on any atom is 0.244 e. The van der Waals surface area contributed by atoms with Gasteiger partial charge >= 0.3 is 0 Å². The van der Waals surface area contributed by atoms with Gasteiger partial charge in [-0.2, -0.15) is 4.31 Å². The first kappa shape index (κ1) is 15.9. The second kappa shape index (κ2) is 6.34. The average molecular weight is 356 g/mol. The van der Waals surface area contributed by atoms with Crippen LogP contribution >= 0.6 is 28.3 Å². The molecule has 0 spiro atoms. The molecule has 1 unspecified atom stereocenters. The first-order valence-corrected chi connectivity index (χ1v) is 7.77. The van der Waals surface area contributed by atoms with Crippen molar-refractivity contribution in [2.45, 2.75) is 23.8 Å². The molecule has 0 aliphatic carbocycles. The Morgan fingerprint density at radius 3 is 2.67 bits per heavy atom. The molecule has 18 heavy (non-hydrogen) atoms. The molecule has 102 valence electrons. The summed E-state index contributed by atoms with van der Waals surface area (Å²) in [6.07, 6.45) is 1.73. The summed E-state index contributed by atoms with van der Waals surface area (Å²) in [5, 5.41) is 0. The molecule has 1 saturated heterocycles. The highest BCUT2D eigenvalue weighted by molar-refractivity contribution is 9.10. The Morgan fingerprint density at radius 2 is 2.06 bits per heavy atom. The Bertz CT molecular complexity index is 510. The summed E-state index contributed by atoms with van der Waals surface area (Å²) in [6.45, 7) is 0.940. The molecule has 0 saturated carbocycles. The monoisotopic (exact) mass is 354 g/mol. The summed E-state index contributed by atoms with van der Waals surface area (Å²) in [5.74, 6) is 0. The van der Waals surface area contributed by atoms with Gasteiger partial charge in [0.2, 0.25) is 10.0 Å². The number of hydrogen-bond acceptors (Lipinski definition) is 3. The van der Waals surface area contributed by atoms with E-state index in [2.05, 4.69) is 15.9 Å². The van der Waals surface area contributed by atoms with Gasteiger partial charge in [-0.3, -0.25) is 0 Å². The van der Waals surface area contributed by atoms with Crippen molar-refractivity contribution in [2.24, 2.45) is 5.73 Å². The third-order valence-electron chi connectivity index (χ3n) is 3.02. The average Bonchev–Trinajstić information content (AvgIpc) is 2.78. The fourth-order valence-corrected chi connectivity index (χ4v) is 4.81. The molecule has 7 heteroatoms. The molecule has 4 nitrogen and oxygen atoms in total. The first-order valence-electron chi connectivity index (χ1n) is 5.54. The molecule has 1 aliphatic heterocycles. The molecular weight excluding hydrogens is 340 g/mol. The Kier molecular flexibility index (Phi) is 5.61. The molecule has 0 radical (unpaired) electrons. The molecule has 0 amide bonds. The van der Waals surface area contributed by atoms with Crippen molar-refractivity contribution in [3.05, 3.63) is 28.7 Å². The smallest absolute Gasteiger partial charge is 0.244 e. The fourth-order valence-electron chi connectivity index (χ4n) is 2.14. The van der Waals surface area contributed by atoms with E-state index in [-0.39, 0.29) is 18.4 Å². The van der Waals surface area contributed by atoms with Crippen LogP contribution in [0.4, 0.5) is 0 Å². The van der Waals surface area contributed by atoms with E-state index in [0.717, 1.165) is 12.8 Å². The minimum Gasteiger partial charge on any atom is -0.329 e. The number of halogens is 2. The summed E-state index contributed by atoms with van der Waals surface area (Å²) < 4.78 is 27.1. The predicted octanol–water partition coefficient (Wildman–Crippen LogP) is 1.98. The van der Waals surface area contributed by atoms with Crippen molar-refractivity contribution < 1.29 is 8.42 Å². The summed E-state index contributed by atoms with van der Waals surface area (Å²) >= 11 is 3.28. The van der Waals surface area contributed by atoms with Crippen LogP contribution in [0.25, 0.3) is 0 Å². The Hall–Kier alpha value is -0.140. The number of rotatable bonds is 3. The molecule has 2 N–H and O–H groups in total. The van der Waals surface area contributed by atoms with Gasteiger partial charge in [-0.05, 0) is 40.9 Å². The van der Waals surface area contributed by atoms with E-state index in [1.165, 1.54) is 4.31 Å². The van der Waals surface area contributed by atoms with E-state index in [0.29, 0.717) is 22.5 Å². The van der Waals surface area contributed by atoms with Crippen LogP contribution in [0.2, 0.25) is 0 Å². The predicted molar refractivity (Wildman–Crippen MR) is 77.4 cm³/mol. The third kappa shape index (κ3) is 2.88. The molecule has 1 aromatic rings. The van der Waals surface area contributed by atoms with Crippen LogP contribution in [-0.2, 0) is 10.0 Å². The zero-order valence-corrected chi connectivity index (χ0v) is 13.0. The molecule has 0 bridgehead atoms. The Labute approximate surface area is 122 Å². The van der Waals surface area contributed by atoms with Crippen LogP contribution in [0.5, 0.6) is 0 Å². The van der Waals surface area contributed by atoms with E-state index in [9.17, 15) is 8.42 Å². The van der Waals surface area contributed by atoms with Crippen LogP contribution < -0.4 is 5.73 Å². The van der Waals surface area contributed by atoms with Crippen molar-refractivity contribution in [1.29, 1.82) is 0 Å². The van der Waals surface area contributed by atoms with Gasteiger partial charge in [0.25, 0.3) is 0 Å². The normalized spacial score (nSPS) is 20.7.